The van der Waals surface area contributed by atoms with Crippen LogP contribution in [0.2, 0.25) is 15.1 Å². The van der Waals surface area contributed by atoms with Crippen LogP contribution in [0.3, 0.4) is 0 Å². The molecule has 5 nitrogen and oxygen atoms in total. The summed E-state index contributed by atoms with van der Waals surface area (Å²) in [6.07, 6.45) is 0. The van der Waals surface area contributed by atoms with Gasteiger partial charge in [0.15, 0.2) is 0 Å². The quantitative estimate of drug-likeness (QED) is 0.713. The van der Waals surface area contributed by atoms with Gasteiger partial charge in [-0.25, -0.2) is 9.48 Å². The number of fused-ring (bicyclic) bond motifs is 1. The minimum Gasteiger partial charge on any atom is -0.478 e. The number of nitrogens with zero attached hydrogens (tertiary/aromatic N) is 3. The Kier molecular flexibility index (Phi) is 3.49. The summed E-state index contributed by atoms with van der Waals surface area (Å²) in [5.41, 5.74) is 1.70. The zero-order valence-corrected chi connectivity index (χ0v) is 12.5. The minimum atomic E-state index is -1.03. The standard InChI is InChI=1S/C13H6Cl3N3O2/c14-7-4-9(16)12(5-8(7)15)19-11-2-1-6(13(20)21)3-10(11)17-18-19/h1-5H,(H,20,21). The van der Waals surface area contributed by atoms with E-state index in [1.807, 2.05) is 0 Å². The van der Waals surface area contributed by atoms with Gasteiger partial charge in [0.05, 0.1) is 31.8 Å². The number of carboxylic acid groups (broad SMARTS) is 1. The van der Waals surface area contributed by atoms with Crippen molar-refractivity contribution in [2.45, 2.75) is 0 Å². The lowest BCUT2D eigenvalue weighted by molar-refractivity contribution is 0.0697. The highest BCUT2D eigenvalue weighted by Gasteiger charge is 2.14. The van der Waals surface area contributed by atoms with Gasteiger partial charge in [0.2, 0.25) is 0 Å². The van der Waals surface area contributed by atoms with E-state index >= 15 is 0 Å². The molecule has 0 unspecified atom stereocenters. The third kappa shape index (κ3) is 2.44. The molecule has 106 valence electrons. The minimum absolute atomic E-state index is 0.134. The van der Waals surface area contributed by atoms with Crippen molar-refractivity contribution in [1.29, 1.82) is 0 Å². The van der Waals surface area contributed by atoms with Crippen LogP contribution in [0.25, 0.3) is 16.7 Å². The van der Waals surface area contributed by atoms with Crippen molar-refractivity contribution in [1.82, 2.24) is 15.0 Å². The largest absolute Gasteiger partial charge is 0.478 e. The molecule has 21 heavy (non-hydrogen) atoms. The molecule has 0 aliphatic rings. The Labute approximate surface area is 133 Å². The second kappa shape index (κ2) is 5.18. The average molecular weight is 343 g/mol. The van der Waals surface area contributed by atoms with Crippen LogP contribution in [0.4, 0.5) is 0 Å². The van der Waals surface area contributed by atoms with Crippen molar-refractivity contribution in [3.63, 3.8) is 0 Å². The molecule has 0 aliphatic heterocycles. The smallest absolute Gasteiger partial charge is 0.335 e. The number of carbonyl (C=O) groups is 1. The fraction of sp³-hybridized carbons (Fsp3) is 0. The van der Waals surface area contributed by atoms with Crippen LogP contribution in [-0.2, 0) is 0 Å². The lowest BCUT2D eigenvalue weighted by atomic mass is 10.2. The zero-order chi connectivity index (χ0) is 15.1. The number of rotatable bonds is 2. The summed E-state index contributed by atoms with van der Waals surface area (Å²) in [5, 5.41) is 17.9. The molecule has 8 heteroatoms. The Morgan fingerprint density at radius 1 is 1.05 bits per heavy atom. The van der Waals surface area contributed by atoms with Gasteiger partial charge in [-0.1, -0.05) is 40.0 Å². The van der Waals surface area contributed by atoms with Crippen molar-refractivity contribution in [2.24, 2.45) is 0 Å². The number of benzene rings is 2. The summed E-state index contributed by atoms with van der Waals surface area (Å²) in [4.78, 5) is 10.9. The van der Waals surface area contributed by atoms with Gasteiger partial charge in [-0.15, -0.1) is 5.10 Å². The predicted octanol–water partition coefficient (Wildman–Crippen LogP) is 4.08. The number of hydrogen-bond acceptors (Lipinski definition) is 3. The Morgan fingerprint density at radius 2 is 1.76 bits per heavy atom. The van der Waals surface area contributed by atoms with Gasteiger partial charge in [0, 0.05) is 0 Å². The van der Waals surface area contributed by atoms with Crippen LogP contribution in [-0.4, -0.2) is 26.1 Å². The van der Waals surface area contributed by atoms with E-state index in [9.17, 15) is 4.79 Å². The second-order valence-corrected chi connectivity index (χ2v) is 5.45. The molecular weight excluding hydrogens is 337 g/mol. The summed E-state index contributed by atoms with van der Waals surface area (Å²) in [6.45, 7) is 0. The van der Waals surface area contributed by atoms with Crippen molar-refractivity contribution in [3.05, 3.63) is 51.0 Å². The lowest BCUT2D eigenvalue weighted by Crippen LogP contribution is -1.99. The lowest BCUT2D eigenvalue weighted by Gasteiger charge is -2.07. The maximum absolute atomic E-state index is 10.9. The van der Waals surface area contributed by atoms with Crippen molar-refractivity contribution in [3.8, 4) is 5.69 Å². The molecule has 0 bridgehead atoms. The van der Waals surface area contributed by atoms with E-state index in [0.29, 0.717) is 31.8 Å². The topological polar surface area (TPSA) is 68.0 Å². The third-order valence-electron chi connectivity index (χ3n) is 2.91. The Morgan fingerprint density at radius 3 is 2.48 bits per heavy atom. The highest BCUT2D eigenvalue weighted by atomic mass is 35.5. The molecule has 1 heterocycles. The molecule has 2 aromatic carbocycles. The van der Waals surface area contributed by atoms with E-state index < -0.39 is 5.97 Å². The number of hydrogen-bond donors (Lipinski definition) is 1. The van der Waals surface area contributed by atoms with Crippen LogP contribution in [0.15, 0.2) is 30.3 Å². The highest BCUT2D eigenvalue weighted by Crippen LogP contribution is 2.32. The molecule has 0 fully saturated rings. The molecule has 0 saturated carbocycles. The molecular formula is C13H6Cl3N3O2. The molecule has 1 aromatic heterocycles. The number of aromatic nitrogens is 3. The number of aromatic carboxylic acids is 1. The van der Waals surface area contributed by atoms with Crippen LogP contribution < -0.4 is 0 Å². The monoisotopic (exact) mass is 341 g/mol. The van der Waals surface area contributed by atoms with Crippen LogP contribution in [0.5, 0.6) is 0 Å². The predicted molar refractivity (Wildman–Crippen MR) is 80.9 cm³/mol. The summed E-state index contributed by atoms with van der Waals surface area (Å²) in [7, 11) is 0. The maximum Gasteiger partial charge on any atom is 0.335 e. The average Bonchev–Trinajstić information content (AvgIpc) is 2.85. The molecule has 1 N–H and O–H groups in total. The van der Waals surface area contributed by atoms with Crippen molar-refractivity contribution in [2.75, 3.05) is 0 Å². The maximum atomic E-state index is 10.9. The van der Waals surface area contributed by atoms with E-state index in [2.05, 4.69) is 10.3 Å². The SMILES string of the molecule is O=C(O)c1ccc2c(c1)nnn2-c1cc(Cl)c(Cl)cc1Cl. The summed E-state index contributed by atoms with van der Waals surface area (Å²) in [5.74, 6) is -1.03. The van der Waals surface area contributed by atoms with Gasteiger partial charge in [0.1, 0.15) is 5.52 Å². The van der Waals surface area contributed by atoms with Gasteiger partial charge >= 0.3 is 5.97 Å². The van der Waals surface area contributed by atoms with E-state index in [0.717, 1.165) is 0 Å². The Balaban J connectivity index is 2.22. The molecule has 3 aromatic rings. The second-order valence-electron chi connectivity index (χ2n) is 4.23. The molecule has 0 saturated heterocycles. The fourth-order valence-corrected chi connectivity index (χ4v) is 2.53. The van der Waals surface area contributed by atoms with Crippen molar-refractivity contribution < 1.29 is 9.90 Å². The first kappa shape index (κ1) is 14.1. The van der Waals surface area contributed by atoms with E-state index in [1.54, 1.807) is 12.1 Å². The first-order valence-electron chi connectivity index (χ1n) is 5.71. The first-order valence-corrected chi connectivity index (χ1v) is 6.84. The first-order chi connectivity index (χ1) is 9.97. The van der Waals surface area contributed by atoms with E-state index in [1.165, 1.54) is 22.9 Å². The number of carboxylic acids is 1. The molecule has 3 rings (SSSR count). The Bertz CT molecular complexity index is 876. The summed E-state index contributed by atoms with van der Waals surface area (Å²) >= 11 is 18.0. The van der Waals surface area contributed by atoms with Gasteiger partial charge in [0.25, 0.3) is 0 Å². The van der Waals surface area contributed by atoms with Gasteiger partial charge in [-0.2, -0.15) is 0 Å². The van der Waals surface area contributed by atoms with Crippen LogP contribution >= 0.6 is 34.8 Å². The van der Waals surface area contributed by atoms with Crippen LogP contribution in [0.1, 0.15) is 10.4 Å². The van der Waals surface area contributed by atoms with Gasteiger partial charge in [-0.05, 0) is 30.3 Å². The summed E-state index contributed by atoms with van der Waals surface area (Å²) in [6, 6.07) is 7.60. The fourth-order valence-electron chi connectivity index (χ4n) is 1.91. The molecule has 0 amide bonds. The summed E-state index contributed by atoms with van der Waals surface area (Å²) < 4.78 is 1.48. The molecule has 0 aliphatic carbocycles. The van der Waals surface area contributed by atoms with Crippen LogP contribution in [0, 0.1) is 0 Å². The molecule has 0 spiro atoms. The molecule has 0 atom stereocenters. The number of halogens is 3. The normalized spacial score (nSPS) is 11.0. The van der Waals surface area contributed by atoms with Gasteiger partial charge < -0.3 is 5.11 Å². The zero-order valence-electron chi connectivity index (χ0n) is 10.2. The van der Waals surface area contributed by atoms with Crippen molar-refractivity contribution >= 4 is 51.8 Å². The van der Waals surface area contributed by atoms with E-state index in [-0.39, 0.29) is 5.56 Å². The highest BCUT2D eigenvalue weighted by molar-refractivity contribution is 6.43. The van der Waals surface area contributed by atoms with E-state index in [4.69, 9.17) is 39.9 Å². The molecule has 0 radical (unpaired) electrons. The Hall–Kier alpha value is -1.82. The third-order valence-corrected chi connectivity index (χ3v) is 3.94. The van der Waals surface area contributed by atoms with Gasteiger partial charge in [-0.3, -0.25) is 0 Å².